The summed E-state index contributed by atoms with van der Waals surface area (Å²) in [7, 11) is 1.30. The van der Waals surface area contributed by atoms with Crippen molar-refractivity contribution in [2.45, 2.75) is 13.0 Å². The van der Waals surface area contributed by atoms with Gasteiger partial charge in [0.15, 0.2) is 11.6 Å². The highest BCUT2D eigenvalue weighted by Gasteiger charge is 2.14. The van der Waals surface area contributed by atoms with Crippen molar-refractivity contribution in [1.29, 1.82) is 0 Å². The molecule has 1 N–H and O–H groups in total. The molecule has 0 aliphatic rings. The number of carbonyl (C=O) groups excluding carboxylic acids is 1. The zero-order valence-corrected chi connectivity index (χ0v) is 11.7. The molecule has 2 aromatic rings. The van der Waals surface area contributed by atoms with E-state index in [0.717, 1.165) is 12.1 Å². The third-order valence-corrected chi connectivity index (χ3v) is 3.15. The Balaban J connectivity index is 2.25. The molecular formula is C16H15F2NO2. The minimum absolute atomic E-state index is 0.300. The second kappa shape index (κ2) is 6.35. The van der Waals surface area contributed by atoms with Crippen LogP contribution in [0, 0.1) is 11.6 Å². The SMILES string of the molecule is COC(=O)c1ccccc1NC(C)c1ccc(F)c(F)c1. The number of methoxy groups -OCH3 is 1. The normalized spacial score (nSPS) is 11.8. The molecule has 1 atom stereocenters. The summed E-state index contributed by atoms with van der Waals surface area (Å²) in [5, 5.41) is 3.10. The highest BCUT2D eigenvalue weighted by Crippen LogP contribution is 2.24. The fourth-order valence-corrected chi connectivity index (χ4v) is 2.00. The Labute approximate surface area is 121 Å². The minimum Gasteiger partial charge on any atom is -0.465 e. The van der Waals surface area contributed by atoms with Crippen LogP contribution in [0.25, 0.3) is 0 Å². The van der Waals surface area contributed by atoms with Crippen LogP contribution in [0.1, 0.15) is 28.9 Å². The number of halogens is 2. The van der Waals surface area contributed by atoms with Crippen LogP contribution >= 0.6 is 0 Å². The molecule has 2 rings (SSSR count). The first-order valence-corrected chi connectivity index (χ1v) is 6.41. The Morgan fingerprint density at radius 2 is 1.86 bits per heavy atom. The van der Waals surface area contributed by atoms with Crippen LogP contribution in [0.3, 0.4) is 0 Å². The molecule has 21 heavy (non-hydrogen) atoms. The van der Waals surface area contributed by atoms with Gasteiger partial charge in [0.05, 0.1) is 12.7 Å². The monoisotopic (exact) mass is 291 g/mol. The third kappa shape index (κ3) is 3.37. The Bertz CT molecular complexity index is 658. The maximum Gasteiger partial charge on any atom is 0.339 e. The molecule has 3 nitrogen and oxygen atoms in total. The second-order valence-electron chi connectivity index (χ2n) is 4.58. The summed E-state index contributed by atoms with van der Waals surface area (Å²) in [5.74, 6) is -2.25. The molecule has 0 amide bonds. The zero-order chi connectivity index (χ0) is 15.4. The number of hydrogen-bond acceptors (Lipinski definition) is 3. The van der Waals surface area contributed by atoms with Crippen LogP contribution in [0.5, 0.6) is 0 Å². The lowest BCUT2D eigenvalue weighted by Gasteiger charge is -2.18. The first kappa shape index (κ1) is 15.0. The number of anilines is 1. The molecule has 1 unspecified atom stereocenters. The molecule has 0 saturated carbocycles. The van der Waals surface area contributed by atoms with Crippen molar-refractivity contribution in [3.63, 3.8) is 0 Å². The van der Waals surface area contributed by atoms with Gasteiger partial charge in [0.25, 0.3) is 0 Å². The van der Waals surface area contributed by atoms with Gasteiger partial charge in [0.1, 0.15) is 0 Å². The van der Waals surface area contributed by atoms with E-state index in [1.807, 2.05) is 0 Å². The number of benzene rings is 2. The average molecular weight is 291 g/mol. The van der Waals surface area contributed by atoms with Crippen molar-refractivity contribution in [3.05, 3.63) is 65.2 Å². The first-order chi connectivity index (χ1) is 10.0. The predicted octanol–water partition coefficient (Wildman–Crippen LogP) is 3.92. The van der Waals surface area contributed by atoms with Crippen molar-refractivity contribution < 1.29 is 18.3 Å². The summed E-state index contributed by atoms with van der Waals surface area (Å²) in [6, 6.07) is 10.3. The van der Waals surface area contributed by atoms with Crippen molar-refractivity contribution in [2.75, 3.05) is 12.4 Å². The van der Waals surface area contributed by atoms with E-state index < -0.39 is 17.6 Å². The van der Waals surface area contributed by atoms with Gasteiger partial charge in [-0.05, 0) is 36.8 Å². The number of hydrogen-bond donors (Lipinski definition) is 1. The van der Waals surface area contributed by atoms with Gasteiger partial charge in [-0.1, -0.05) is 18.2 Å². The maximum absolute atomic E-state index is 13.3. The summed E-state index contributed by atoms with van der Waals surface area (Å²) in [6.45, 7) is 1.79. The molecule has 0 spiro atoms. The molecule has 0 aromatic heterocycles. The Hall–Kier alpha value is -2.43. The third-order valence-electron chi connectivity index (χ3n) is 3.15. The van der Waals surface area contributed by atoms with Crippen molar-refractivity contribution >= 4 is 11.7 Å². The highest BCUT2D eigenvalue weighted by atomic mass is 19.2. The zero-order valence-electron chi connectivity index (χ0n) is 11.7. The molecule has 5 heteroatoms. The van der Waals surface area contributed by atoms with E-state index in [4.69, 9.17) is 4.74 Å². The van der Waals surface area contributed by atoms with Crippen molar-refractivity contribution in [2.24, 2.45) is 0 Å². The molecule has 0 aliphatic carbocycles. The summed E-state index contributed by atoms with van der Waals surface area (Å²) in [5.41, 5.74) is 1.53. The van der Waals surface area contributed by atoms with Crippen LogP contribution in [-0.2, 0) is 4.74 Å². The summed E-state index contributed by atoms with van der Waals surface area (Å²) in [6.07, 6.45) is 0. The number of ether oxygens (including phenoxy) is 1. The van der Waals surface area contributed by atoms with Crippen LogP contribution in [-0.4, -0.2) is 13.1 Å². The van der Waals surface area contributed by atoms with Gasteiger partial charge in [0.2, 0.25) is 0 Å². The molecular weight excluding hydrogens is 276 g/mol. The Kier molecular flexibility index (Phi) is 4.52. The molecule has 0 saturated heterocycles. The molecule has 0 radical (unpaired) electrons. The quantitative estimate of drug-likeness (QED) is 0.868. The van der Waals surface area contributed by atoms with E-state index in [1.54, 1.807) is 31.2 Å². The molecule has 2 aromatic carbocycles. The Morgan fingerprint density at radius 1 is 1.14 bits per heavy atom. The van der Waals surface area contributed by atoms with E-state index in [0.29, 0.717) is 16.8 Å². The van der Waals surface area contributed by atoms with Gasteiger partial charge < -0.3 is 10.1 Å². The first-order valence-electron chi connectivity index (χ1n) is 6.41. The summed E-state index contributed by atoms with van der Waals surface area (Å²) in [4.78, 5) is 11.7. The van der Waals surface area contributed by atoms with E-state index in [9.17, 15) is 13.6 Å². The lowest BCUT2D eigenvalue weighted by molar-refractivity contribution is 0.0602. The molecule has 0 fully saturated rings. The van der Waals surface area contributed by atoms with Crippen molar-refractivity contribution in [1.82, 2.24) is 0 Å². The largest absolute Gasteiger partial charge is 0.465 e. The average Bonchev–Trinajstić information content (AvgIpc) is 2.49. The van der Waals surface area contributed by atoms with Gasteiger partial charge in [-0.2, -0.15) is 0 Å². The van der Waals surface area contributed by atoms with Gasteiger partial charge >= 0.3 is 5.97 Å². The molecule has 110 valence electrons. The van der Waals surface area contributed by atoms with Gasteiger partial charge in [-0.25, -0.2) is 13.6 Å². The van der Waals surface area contributed by atoms with E-state index >= 15 is 0 Å². The van der Waals surface area contributed by atoms with E-state index in [1.165, 1.54) is 13.2 Å². The fraction of sp³-hybridized carbons (Fsp3) is 0.188. The number of esters is 1. The van der Waals surface area contributed by atoms with Crippen molar-refractivity contribution in [3.8, 4) is 0 Å². The fourth-order valence-electron chi connectivity index (χ4n) is 2.00. The summed E-state index contributed by atoms with van der Waals surface area (Å²) < 4.78 is 30.9. The van der Waals surface area contributed by atoms with Gasteiger partial charge in [-0.15, -0.1) is 0 Å². The Morgan fingerprint density at radius 3 is 2.52 bits per heavy atom. The van der Waals surface area contributed by atoms with Crippen LogP contribution < -0.4 is 5.32 Å². The lowest BCUT2D eigenvalue weighted by Crippen LogP contribution is -2.12. The van der Waals surface area contributed by atoms with Crippen LogP contribution in [0.2, 0.25) is 0 Å². The molecule has 0 heterocycles. The maximum atomic E-state index is 13.3. The lowest BCUT2D eigenvalue weighted by atomic mass is 10.1. The predicted molar refractivity (Wildman–Crippen MR) is 76.2 cm³/mol. The molecule has 0 bridgehead atoms. The summed E-state index contributed by atoms with van der Waals surface area (Å²) >= 11 is 0. The van der Waals surface area contributed by atoms with Gasteiger partial charge in [-0.3, -0.25) is 0 Å². The number of para-hydroxylation sites is 1. The number of nitrogens with one attached hydrogen (secondary N) is 1. The molecule has 0 aliphatic heterocycles. The van der Waals surface area contributed by atoms with E-state index in [-0.39, 0.29) is 6.04 Å². The van der Waals surface area contributed by atoms with E-state index in [2.05, 4.69) is 5.32 Å². The minimum atomic E-state index is -0.901. The van der Waals surface area contributed by atoms with Crippen LogP contribution in [0.4, 0.5) is 14.5 Å². The number of rotatable bonds is 4. The van der Waals surface area contributed by atoms with Gasteiger partial charge in [0, 0.05) is 11.7 Å². The highest BCUT2D eigenvalue weighted by molar-refractivity contribution is 5.95. The standard InChI is InChI=1S/C16H15F2NO2/c1-10(11-7-8-13(17)14(18)9-11)19-15-6-4-3-5-12(15)16(20)21-2/h3-10,19H,1-2H3. The topological polar surface area (TPSA) is 38.3 Å². The smallest absolute Gasteiger partial charge is 0.339 e. The van der Waals surface area contributed by atoms with Crippen LogP contribution in [0.15, 0.2) is 42.5 Å². The second-order valence-corrected chi connectivity index (χ2v) is 4.58. The number of carbonyl (C=O) groups is 1.